The topological polar surface area (TPSA) is 57.2 Å². The molecule has 1 aromatic heterocycles. The highest BCUT2D eigenvalue weighted by atomic mass is 35.5. The number of carbonyl (C=O) groups is 1. The third kappa shape index (κ3) is 2.53. The molecule has 0 bridgehead atoms. The summed E-state index contributed by atoms with van der Waals surface area (Å²) in [6.45, 7) is 0. The van der Waals surface area contributed by atoms with Gasteiger partial charge in [0.25, 0.3) is 11.5 Å². The second kappa shape index (κ2) is 5.90. The van der Waals surface area contributed by atoms with Gasteiger partial charge in [0.1, 0.15) is 0 Å². The molecule has 4 nitrogen and oxygen atoms in total. The van der Waals surface area contributed by atoms with E-state index in [1.807, 2.05) is 36.3 Å². The smallest absolute Gasteiger partial charge is 0.282 e. The van der Waals surface area contributed by atoms with Gasteiger partial charge in [0.2, 0.25) is 6.20 Å². The maximum Gasteiger partial charge on any atom is 0.294 e. The van der Waals surface area contributed by atoms with Gasteiger partial charge < -0.3 is 0 Å². The number of rotatable bonds is 3. The van der Waals surface area contributed by atoms with Crippen LogP contribution >= 0.6 is 11.6 Å². The molecule has 5 heteroatoms. The Bertz CT molecular complexity index is 913. The molecule has 0 amide bonds. The lowest BCUT2D eigenvalue weighted by atomic mass is 10.0. The van der Waals surface area contributed by atoms with Gasteiger partial charge in [0.15, 0.2) is 6.01 Å². The van der Waals surface area contributed by atoms with Gasteiger partial charge in [-0.3, -0.25) is 4.79 Å². The van der Waals surface area contributed by atoms with Crippen molar-refractivity contribution < 1.29 is 9.47 Å². The summed E-state index contributed by atoms with van der Waals surface area (Å²) in [6.07, 6.45) is 1.65. The molecule has 0 aliphatic heterocycles. The highest BCUT2D eigenvalue weighted by Crippen LogP contribution is 2.19. The molecule has 0 spiro atoms. The molecule has 0 saturated heterocycles. The van der Waals surface area contributed by atoms with E-state index in [0.29, 0.717) is 16.3 Å². The van der Waals surface area contributed by atoms with Gasteiger partial charge in [-0.1, -0.05) is 29.8 Å². The Hall–Kier alpha value is -2.81. The van der Waals surface area contributed by atoms with Crippen LogP contribution in [0.2, 0.25) is 5.02 Å². The Morgan fingerprint density at radius 3 is 2.55 bits per heavy atom. The zero-order valence-electron chi connectivity index (χ0n) is 11.5. The Morgan fingerprint density at radius 2 is 1.82 bits per heavy atom. The van der Waals surface area contributed by atoms with Crippen molar-refractivity contribution in [2.24, 2.45) is 5.10 Å². The number of ketones is 1. The quantitative estimate of drug-likeness (QED) is 0.449. The fourth-order valence-electron chi connectivity index (χ4n) is 2.31. The van der Waals surface area contributed by atoms with Crippen LogP contribution < -0.4 is 4.68 Å². The van der Waals surface area contributed by atoms with E-state index < -0.39 is 0 Å². The number of nitrogens with one attached hydrogen (secondary N) is 1. The predicted octanol–water partition coefficient (Wildman–Crippen LogP) is 3.53. The van der Waals surface area contributed by atoms with E-state index in [9.17, 15) is 4.79 Å². The van der Waals surface area contributed by atoms with Crippen molar-refractivity contribution >= 4 is 34.2 Å². The van der Waals surface area contributed by atoms with Crippen LogP contribution in [-0.2, 0) is 0 Å². The summed E-state index contributed by atoms with van der Waals surface area (Å²) in [7, 11) is 0. The minimum absolute atomic E-state index is 0.188. The van der Waals surface area contributed by atoms with Crippen molar-refractivity contribution in [1.29, 1.82) is 5.41 Å². The first-order chi connectivity index (χ1) is 10.7. The third-order valence-corrected chi connectivity index (χ3v) is 3.57. The largest absolute Gasteiger partial charge is 0.294 e. The molecule has 0 aliphatic carbocycles. The molecular formula is C17H11ClN3O+. The van der Waals surface area contributed by atoms with Crippen molar-refractivity contribution in [3.8, 4) is 0 Å². The van der Waals surface area contributed by atoms with Gasteiger partial charge in [-0.05, 0) is 40.4 Å². The van der Waals surface area contributed by atoms with Gasteiger partial charge in [0.05, 0.1) is 10.5 Å². The summed E-state index contributed by atoms with van der Waals surface area (Å²) in [5, 5.41) is 13.1. The fourth-order valence-corrected chi connectivity index (χ4v) is 2.43. The third-order valence-electron chi connectivity index (χ3n) is 3.32. The molecule has 0 atom stereocenters. The Morgan fingerprint density at radius 1 is 1.09 bits per heavy atom. The first-order valence-electron chi connectivity index (χ1n) is 6.57. The Balaban J connectivity index is 2.27. The minimum atomic E-state index is -0.188. The summed E-state index contributed by atoms with van der Waals surface area (Å²) in [5.74, 6) is -0.188. The average Bonchev–Trinajstić information content (AvgIpc) is 2.55. The summed E-state index contributed by atoms with van der Waals surface area (Å²) in [6, 6.07) is 18.0. The Labute approximate surface area is 131 Å². The summed E-state index contributed by atoms with van der Waals surface area (Å²) < 4.78 is 1.37. The molecule has 3 rings (SSSR count). The van der Waals surface area contributed by atoms with Crippen molar-refractivity contribution in [1.82, 2.24) is 0 Å². The van der Waals surface area contributed by atoms with Crippen molar-refractivity contribution in [3.05, 3.63) is 77.1 Å². The zero-order valence-corrected chi connectivity index (χ0v) is 12.2. The van der Waals surface area contributed by atoms with E-state index >= 15 is 0 Å². The number of halogens is 1. The zero-order chi connectivity index (χ0) is 15.5. The van der Waals surface area contributed by atoms with E-state index in [0.717, 1.165) is 10.8 Å². The van der Waals surface area contributed by atoms with Gasteiger partial charge in [-0.25, -0.2) is 5.41 Å². The summed E-state index contributed by atoms with van der Waals surface area (Å²) in [4.78, 5) is 12.9. The second-order valence-corrected chi connectivity index (χ2v) is 5.08. The maximum atomic E-state index is 12.9. The van der Waals surface area contributed by atoms with Crippen LogP contribution in [0, 0.1) is 5.41 Å². The Kier molecular flexibility index (Phi) is 3.79. The van der Waals surface area contributed by atoms with Crippen LogP contribution in [0.5, 0.6) is 0 Å². The molecule has 0 radical (unpaired) electrons. The minimum Gasteiger partial charge on any atom is -0.282 e. The van der Waals surface area contributed by atoms with E-state index in [4.69, 9.17) is 17.0 Å². The van der Waals surface area contributed by atoms with Crippen LogP contribution in [0.25, 0.3) is 10.8 Å². The standard InChI is InChI=1S/C17H11ClN3O/c18-14-7-5-13(6-8-14)17(22)16-15-4-2-1-3-12(15)9-10-21(16)20-11-19/h1-10,19H/q+1. The summed E-state index contributed by atoms with van der Waals surface area (Å²) >= 11 is 5.87. The fraction of sp³-hybridized carbons (Fsp3) is 0. The number of nitrogens with zero attached hydrogens (tertiary/aromatic N) is 2. The SMILES string of the molecule is N=C=N[n+]1ccc2ccccc2c1C(=O)c1ccc(Cl)cc1. The van der Waals surface area contributed by atoms with Crippen molar-refractivity contribution in [2.75, 3.05) is 0 Å². The number of benzene rings is 2. The maximum absolute atomic E-state index is 12.9. The van der Waals surface area contributed by atoms with Gasteiger partial charge in [-0.15, -0.1) is 0 Å². The van der Waals surface area contributed by atoms with Crippen molar-refractivity contribution in [2.45, 2.75) is 0 Å². The molecular weight excluding hydrogens is 298 g/mol. The first kappa shape index (κ1) is 14.1. The molecule has 106 valence electrons. The number of hydrogen-bond acceptors (Lipinski definition) is 3. The average molecular weight is 309 g/mol. The number of pyridine rings is 1. The predicted molar refractivity (Wildman–Crippen MR) is 84.6 cm³/mol. The molecule has 1 heterocycles. The van der Waals surface area contributed by atoms with Gasteiger partial charge in [0, 0.05) is 16.7 Å². The van der Waals surface area contributed by atoms with Crippen LogP contribution in [-0.4, -0.2) is 11.8 Å². The monoisotopic (exact) mass is 308 g/mol. The van der Waals surface area contributed by atoms with Crippen LogP contribution in [0.1, 0.15) is 16.1 Å². The number of aromatic nitrogens is 1. The lowest BCUT2D eigenvalue weighted by molar-refractivity contribution is -0.678. The molecule has 0 unspecified atom stereocenters. The van der Waals surface area contributed by atoms with E-state index in [-0.39, 0.29) is 5.78 Å². The summed E-state index contributed by atoms with van der Waals surface area (Å²) in [5.41, 5.74) is 0.898. The molecule has 0 saturated carbocycles. The number of fused-ring (bicyclic) bond motifs is 1. The highest BCUT2D eigenvalue weighted by Gasteiger charge is 2.25. The van der Waals surface area contributed by atoms with Crippen LogP contribution in [0.15, 0.2) is 65.9 Å². The number of hydrogen-bond donors (Lipinski definition) is 1. The second-order valence-electron chi connectivity index (χ2n) is 4.64. The number of carbonyl (C=O) groups excluding carboxylic acids is 1. The van der Waals surface area contributed by atoms with Crippen LogP contribution in [0.4, 0.5) is 0 Å². The van der Waals surface area contributed by atoms with Gasteiger partial charge in [-0.2, -0.15) is 0 Å². The molecule has 3 aromatic rings. The normalized spacial score (nSPS) is 10.2. The van der Waals surface area contributed by atoms with Crippen molar-refractivity contribution in [3.63, 3.8) is 0 Å². The lowest BCUT2D eigenvalue weighted by Crippen LogP contribution is -2.35. The van der Waals surface area contributed by atoms with E-state index in [2.05, 4.69) is 5.10 Å². The van der Waals surface area contributed by atoms with E-state index in [1.54, 1.807) is 30.5 Å². The lowest BCUT2D eigenvalue weighted by Gasteiger charge is -2.02. The van der Waals surface area contributed by atoms with Crippen LogP contribution in [0.3, 0.4) is 0 Å². The van der Waals surface area contributed by atoms with Gasteiger partial charge >= 0.3 is 0 Å². The molecule has 1 N–H and O–H groups in total. The molecule has 0 fully saturated rings. The first-order valence-corrected chi connectivity index (χ1v) is 6.95. The molecule has 0 aliphatic rings. The van der Waals surface area contributed by atoms with E-state index in [1.165, 1.54) is 4.68 Å². The highest BCUT2D eigenvalue weighted by molar-refractivity contribution is 6.30. The molecule has 22 heavy (non-hydrogen) atoms. The molecule has 2 aromatic carbocycles.